The molecule has 0 aromatic rings. The smallest absolute Gasteiger partial charge is 0.305 e. The van der Waals surface area contributed by atoms with Gasteiger partial charge < -0.3 is 23.7 Å². The first-order valence-corrected chi connectivity index (χ1v) is 9.27. The van der Waals surface area contributed by atoms with Crippen LogP contribution in [0.15, 0.2) is 0 Å². The van der Waals surface area contributed by atoms with Crippen LogP contribution in [-0.4, -0.2) is 65.4 Å². The van der Waals surface area contributed by atoms with Crippen LogP contribution in [-0.2, 0) is 28.5 Å². The van der Waals surface area contributed by atoms with Crippen molar-refractivity contribution in [1.29, 1.82) is 0 Å². The van der Waals surface area contributed by atoms with E-state index in [2.05, 4.69) is 6.92 Å². The molecule has 0 N–H and O–H groups in total. The Morgan fingerprint density at radius 1 is 0.583 bits per heavy atom. The number of ether oxygens (including phenoxy) is 5. The summed E-state index contributed by atoms with van der Waals surface area (Å²) < 4.78 is 26.6. The molecule has 0 saturated heterocycles. The maximum atomic E-state index is 11.2. The molecule has 0 aliphatic carbocycles. The summed E-state index contributed by atoms with van der Waals surface area (Å²) in [6.45, 7) is 9.49. The minimum atomic E-state index is -0.150. The van der Waals surface area contributed by atoms with Crippen LogP contribution in [0.25, 0.3) is 0 Å². The molecule has 0 unspecified atom stereocenters. The van der Waals surface area contributed by atoms with E-state index in [1.165, 1.54) is 12.8 Å². The van der Waals surface area contributed by atoms with Crippen LogP contribution in [0.5, 0.6) is 0 Å². The van der Waals surface area contributed by atoms with E-state index in [-0.39, 0.29) is 5.97 Å². The third kappa shape index (κ3) is 19.4. The van der Waals surface area contributed by atoms with Gasteiger partial charge in [0.2, 0.25) is 0 Å². The number of hydrogen-bond donors (Lipinski definition) is 0. The Morgan fingerprint density at radius 3 is 1.58 bits per heavy atom. The second kappa shape index (κ2) is 20.4. The summed E-state index contributed by atoms with van der Waals surface area (Å²) in [4.78, 5) is 11.2. The molecule has 0 atom stereocenters. The molecule has 0 saturated carbocycles. The SMILES string of the molecule is CCCCCOCCOCCOCCOCCCC(=O)OCCC. The zero-order chi connectivity index (χ0) is 17.7. The van der Waals surface area contributed by atoms with Crippen LogP contribution < -0.4 is 0 Å². The average molecular weight is 348 g/mol. The molecular weight excluding hydrogens is 312 g/mol. The van der Waals surface area contributed by atoms with Gasteiger partial charge in [-0.3, -0.25) is 4.79 Å². The summed E-state index contributed by atoms with van der Waals surface area (Å²) in [5.74, 6) is -0.150. The van der Waals surface area contributed by atoms with Gasteiger partial charge in [0.05, 0.1) is 46.2 Å². The van der Waals surface area contributed by atoms with Gasteiger partial charge in [-0.2, -0.15) is 0 Å². The summed E-state index contributed by atoms with van der Waals surface area (Å²) in [6.07, 6.45) is 5.51. The quantitative estimate of drug-likeness (QED) is 0.264. The van der Waals surface area contributed by atoms with Crippen molar-refractivity contribution < 1.29 is 28.5 Å². The topological polar surface area (TPSA) is 63.2 Å². The Hall–Kier alpha value is -0.690. The molecule has 0 fully saturated rings. The summed E-state index contributed by atoms with van der Waals surface area (Å²) in [5, 5.41) is 0. The Morgan fingerprint density at radius 2 is 1.08 bits per heavy atom. The van der Waals surface area contributed by atoms with E-state index in [0.717, 1.165) is 19.4 Å². The molecule has 6 heteroatoms. The van der Waals surface area contributed by atoms with Gasteiger partial charge in [-0.25, -0.2) is 0 Å². The fraction of sp³-hybridized carbons (Fsp3) is 0.944. The van der Waals surface area contributed by atoms with E-state index in [0.29, 0.717) is 65.7 Å². The fourth-order valence-corrected chi connectivity index (χ4v) is 1.82. The van der Waals surface area contributed by atoms with Gasteiger partial charge in [0.15, 0.2) is 0 Å². The van der Waals surface area contributed by atoms with Crippen molar-refractivity contribution in [2.75, 3.05) is 59.5 Å². The minimum Gasteiger partial charge on any atom is -0.466 e. The van der Waals surface area contributed by atoms with E-state index in [9.17, 15) is 4.79 Å². The molecule has 0 aromatic carbocycles. The Kier molecular flexibility index (Phi) is 19.8. The highest BCUT2D eigenvalue weighted by Crippen LogP contribution is 1.95. The van der Waals surface area contributed by atoms with Crippen molar-refractivity contribution >= 4 is 5.97 Å². The zero-order valence-electron chi connectivity index (χ0n) is 15.6. The molecule has 0 spiro atoms. The minimum absolute atomic E-state index is 0.150. The standard InChI is InChI=1S/C18H36O6/c1-3-5-6-10-20-12-14-22-16-17-23-15-13-21-11-7-8-18(19)24-9-4-2/h3-17H2,1-2H3. The van der Waals surface area contributed by atoms with Crippen LogP contribution in [0.4, 0.5) is 0 Å². The monoisotopic (exact) mass is 348 g/mol. The molecule has 144 valence electrons. The van der Waals surface area contributed by atoms with E-state index < -0.39 is 0 Å². The zero-order valence-corrected chi connectivity index (χ0v) is 15.6. The van der Waals surface area contributed by atoms with E-state index in [1.807, 2.05) is 6.92 Å². The first-order valence-electron chi connectivity index (χ1n) is 9.27. The lowest BCUT2D eigenvalue weighted by molar-refractivity contribution is -0.144. The molecule has 0 aliphatic rings. The van der Waals surface area contributed by atoms with Crippen molar-refractivity contribution in [3.63, 3.8) is 0 Å². The maximum absolute atomic E-state index is 11.2. The third-order valence-electron chi connectivity index (χ3n) is 3.15. The van der Waals surface area contributed by atoms with Crippen LogP contribution in [0.2, 0.25) is 0 Å². The lowest BCUT2D eigenvalue weighted by Gasteiger charge is -2.07. The third-order valence-corrected chi connectivity index (χ3v) is 3.15. The second-order valence-electron chi connectivity index (χ2n) is 5.48. The summed E-state index contributed by atoms with van der Waals surface area (Å²) in [6, 6.07) is 0. The summed E-state index contributed by atoms with van der Waals surface area (Å²) in [5.41, 5.74) is 0. The van der Waals surface area contributed by atoms with Crippen LogP contribution in [0, 0.1) is 0 Å². The first kappa shape index (κ1) is 23.3. The predicted molar refractivity (Wildman–Crippen MR) is 93.3 cm³/mol. The fourth-order valence-electron chi connectivity index (χ4n) is 1.82. The Balaban J connectivity index is 3.04. The largest absolute Gasteiger partial charge is 0.466 e. The average Bonchev–Trinajstić information content (AvgIpc) is 2.59. The number of hydrogen-bond acceptors (Lipinski definition) is 6. The highest BCUT2D eigenvalue weighted by Gasteiger charge is 2.01. The molecule has 0 rings (SSSR count). The summed E-state index contributed by atoms with van der Waals surface area (Å²) in [7, 11) is 0. The number of carbonyl (C=O) groups excluding carboxylic acids is 1. The highest BCUT2D eigenvalue weighted by atomic mass is 16.6. The molecule has 0 amide bonds. The molecule has 6 nitrogen and oxygen atoms in total. The normalized spacial score (nSPS) is 10.9. The van der Waals surface area contributed by atoms with Crippen molar-refractivity contribution in [2.45, 2.75) is 52.4 Å². The lowest BCUT2D eigenvalue weighted by Crippen LogP contribution is -2.12. The van der Waals surface area contributed by atoms with Crippen molar-refractivity contribution in [3.05, 3.63) is 0 Å². The van der Waals surface area contributed by atoms with E-state index >= 15 is 0 Å². The second-order valence-corrected chi connectivity index (χ2v) is 5.48. The van der Waals surface area contributed by atoms with Crippen LogP contribution in [0.1, 0.15) is 52.4 Å². The molecule has 0 aliphatic heterocycles. The molecule has 24 heavy (non-hydrogen) atoms. The van der Waals surface area contributed by atoms with E-state index in [4.69, 9.17) is 23.7 Å². The van der Waals surface area contributed by atoms with Gasteiger partial charge in [0.1, 0.15) is 0 Å². The van der Waals surface area contributed by atoms with Gasteiger partial charge in [0.25, 0.3) is 0 Å². The van der Waals surface area contributed by atoms with Crippen molar-refractivity contribution in [1.82, 2.24) is 0 Å². The van der Waals surface area contributed by atoms with Crippen molar-refractivity contribution in [3.8, 4) is 0 Å². The number of rotatable bonds is 19. The number of unbranched alkanes of at least 4 members (excludes halogenated alkanes) is 2. The lowest BCUT2D eigenvalue weighted by atomic mass is 10.3. The molecular formula is C18H36O6. The van der Waals surface area contributed by atoms with Crippen LogP contribution >= 0.6 is 0 Å². The van der Waals surface area contributed by atoms with Crippen molar-refractivity contribution in [2.24, 2.45) is 0 Å². The van der Waals surface area contributed by atoms with Gasteiger partial charge in [-0.05, 0) is 19.3 Å². The number of carbonyl (C=O) groups is 1. The predicted octanol–water partition coefficient (Wildman–Crippen LogP) is 2.98. The van der Waals surface area contributed by atoms with E-state index in [1.54, 1.807) is 0 Å². The Labute approximate surface area is 147 Å². The number of esters is 1. The maximum Gasteiger partial charge on any atom is 0.305 e. The molecule has 0 bridgehead atoms. The van der Waals surface area contributed by atoms with Gasteiger partial charge in [-0.15, -0.1) is 0 Å². The molecule has 0 radical (unpaired) electrons. The molecule has 0 heterocycles. The molecule has 0 aromatic heterocycles. The highest BCUT2D eigenvalue weighted by molar-refractivity contribution is 5.69. The van der Waals surface area contributed by atoms with Gasteiger partial charge >= 0.3 is 5.97 Å². The first-order chi connectivity index (χ1) is 11.8. The van der Waals surface area contributed by atoms with Crippen LogP contribution in [0.3, 0.4) is 0 Å². The van der Waals surface area contributed by atoms with Gasteiger partial charge in [-0.1, -0.05) is 26.7 Å². The Bertz CT molecular complexity index is 260. The van der Waals surface area contributed by atoms with Gasteiger partial charge in [0, 0.05) is 19.6 Å². The summed E-state index contributed by atoms with van der Waals surface area (Å²) >= 11 is 0.